The van der Waals surface area contributed by atoms with Gasteiger partial charge in [0, 0.05) is 12.5 Å². The largest absolute Gasteiger partial charge is 0.480 e. The van der Waals surface area contributed by atoms with Crippen LogP contribution in [0.25, 0.3) is 11.1 Å². The molecule has 0 heterocycles. The summed E-state index contributed by atoms with van der Waals surface area (Å²) in [7, 11) is 0. The normalized spacial score (nSPS) is 13.4. The van der Waals surface area contributed by atoms with E-state index < -0.39 is 29.8 Å². The van der Waals surface area contributed by atoms with Crippen LogP contribution in [0.4, 0.5) is 9.59 Å². The average molecular weight is 455 g/mol. The van der Waals surface area contributed by atoms with Crippen LogP contribution in [0.2, 0.25) is 0 Å². The summed E-state index contributed by atoms with van der Waals surface area (Å²) < 4.78 is 10.5. The Bertz CT molecular complexity index is 968. The van der Waals surface area contributed by atoms with Gasteiger partial charge in [-0.1, -0.05) is 48.5 Å². The molecule has 0 saturated heterocycles. The third kappa shape index (κ3) is 6.47. The predicted octanol–water partition coefficient (Wildman–Crippen LogP) is 4.28. The minimum absolute atomic E-state index is 0.0300. The van der Waals surface area contributed by atoms with Gasteiger partial charge in [0.2, 0.25) is 0 Å². The Labute approximate surface area is 193 Å². The molecule has 1 aliphatic carbocycles. The van der Waals surface area contributed by atoms with Crippen LogP contribution in [-0.2, 0) is 14.3 Å². The lowest BCUT2D eigenvalue weighted by molar-refractivity contribution is -0.139. The molecule has 1 aliphatic rings. The first-order valence-electron chi connectivity index (χ1n) is 11.0. The molecule has 3 rings (SSSR count). The number of hydrogen-bond acceptors (Lipinski definition) is 5. The van der Waals surface area contributed by atoms with Gasteiger partial charge in [-0.2, -0.15) is 0 Å². The molecule has 1 atom stereocenters. The molecule has 0 radical (unpaired) electrons. The Balaban J connectivity index is 1.45. The Kier molecular flexibility index (Phi) is 7.58. The third-order valence-corrected chi connectivity index (χ3v) is 5.27. The molecule has 2 aromatic carbocycles. The summed E-state index contributed by atoms with van der Waals surface area (Å²) in [5.74, 6) is -1.19. The van der Waals surface area contributed by atoms with Gasteiger partial charge in [0.1, 0.15) is 18.2 Å². The van der Waals surface area contributed by atoms with Crippen molar-refractivity contribution in [2.75, 3.05) is 13.2 Å². The topological polar surface area (TPSA) is 114 Å². The van der Waals surface area contributed by atoms with E-state index in [1.807, 2.05) is 36.4 Å². The maximum absolute atomic E-state index is 12.2. The second-order valence-electron chi connectivity index (χ2n) is 8.93. The van der Waals surface area contributed by atoms with Crippen molar-refractivity contribution in [3.63, 3.8) is 0 Å². The van der Waals surface area contributed by atoms with Gasteiger partial charge >= 0.3 is 18.2 Å². The van der Waals surface area contributed by atoms with Crippen LogP contribution in [0.3, 0.4) is 0 Å². The fourth-order valence-electron chi connectivity index (χ4n) is 3.85. The zero-order chi connectivity index (χ0) is 24.0. The Hall–Kier alpha value is -3.55. The van der Waals surface area contributed by atoms with Crippen molar-refractivity contribution in [3.05, 3.63) is 59.7 Å². The van der Waals surface area contributed by atoms with Crippen molar-refractivity contribution in [3.8, 4) is 11.1 Å². The predicted molar refractivity (Wildman–Crippen MR) is 123 cm³/mol. The molecule has 176 valence electrons. The van der Waals surface area contributed by atoms with Gasteiger partial charge in [0.25, 0.3) is 0 Å². The summed E-state index contributed by atoms with van der Waals surface area (Å²) >= 11 is 0. The van der Waals surface area contributed by atoms with E-state index in [0.717, 1.165) is 22.3 Å². The summed E-state index contributed by atoms with van der Waals surface area (Å²) in [6, 6.07) is 15.1. The number of hydrogen-bond donors (Lipinski definition) is 3. The standard InChI is InChI=1S/C25H30N2O6/c1-25(2,3)33-24(31)27-21(22(28)29)13-8-14-26-23(30)32-15-20-18-11-6-4-9-16(18)17-10-5-7-12-19(17)20/h4-7,9-12,20-21H,8,13-15H2,1-3H3,(H,26,30)(H,27,31)(H,28,29). The number of carboxylic acids is 1. The maximum Gasteiger partial charge on any atom is 0.408 e. The van der Waals surface area contributed by atoms with Gasteiger partial charge in [-0.15, -0.1) is 0 Å². The molecule has 2 aromatic rings. The van der Waals surface area contributed by atoms with Crippen molar-refractivity contribution in [1.29, 1.82) is 0 Å². The van der Waals surface area contributed by atoms with Crippen LogP contribution in [-0.4, -0.2) is 48.1 Å². The molecule has 8 heteroatoms. The number of carbonyl (C=O) groups excluding carboxylic acids is 2. The molecule has 33 heavy (non-hydrogen) atoms. The Morgan fingerprint density at radius 3 is 2.09 bits per heavy atom. The van der Waals surface area contributed by atoms with Gasteiger partial charge in [-0.05, 0) is 55.9 Å². The summed E-state index contributed by atoms with van der Waals surface area (Å²) in [6.07, 6.45) is -0.877. The average Bonchev–Trinajstić information content (AvgIpc) is 3.07. The molecule has 0 spiro atoms. The maximum atomic E-state index is 12.2. The number of nitrogens with one attached hydrogen (secondary N) is 2. The first kappa shape index (κ1) is 24.1. The number of aliphatic carboxylic acids is 1. The minimum atomic E-state index is -1.16. The highest BCUT2D eigenvalue weighted by molar-refractivity contribution is 5.80. The molecule has 0 aromatic heterocycles. The van der Waals surface area contributed by atoms with Crippen LogP contribution in [0.15, 0.2) is 48.5 Å². The monoisotopic (exact) mass is 454 g/mol. The number of alkyl carbamates (subject to hydrolysis) is 2. The second kappa shape index (κ2) is 10.4. The number of rotatable bonds is 8. The fraction of sp³-hybridized carbons (Fsp3) is 0.400. The van der Waals surface area contributed by atoms with E-state index in [4.69, 9.17) is 9.47 Å². The third-order valence-electron chi connectivity index (χ3n) is 5.27. The molecule has 0 bridgehead atoms. The number of amides is 2. The molecule has 1 unspecified atom stereocenters. The van der Waals surface area contributed by atoms with E-state index in [2.05, 4.69) is 22.8 Å². The van der Waals surface area contributed by atoms with Crippen LogP contribution in [0.5, 0.6) is 0 Å². The minimum Gasteiger partial charge on any atom is -0.480 e. The first-order valence-corrected chi connectivity index (χ1v) is 11.0. The molecule has 0 fully saturated rings. The lowest BCUT2D eigenvalue weighted by Crippen LogP contribution is -2.43. The lowest BCUT2D eigenvalue weighted by atomic mass is 9.98. The summed E-state index contributed by atoms with van der Waals surface area (Å²) in [5.41, 5.74) is 3.84. The molecule has 3 N–H and O–H groups in total. The van der Waals surface area contributed by atoms with Gasteiger partial charge in [-0.25, -0.2) is 14.4 Å². The van der Waals surface area contributed by atoms with Crippen molar-refractivity contribution in [2.45, 2.75) is 51.2 Å². The van der Waals surface area contributed by atoms with Gasteiger partial charge in [0.05, 0.1) is 0 Å². The second-order valence-corrected chi connectivity index (χ2v) is 8.93. The Morgan fingerprint density at radius 2 is 1.55 bits per heavy atom. The molecule has 0 saturated carbocycles. The van der Waals surface area contributed by atoms with E-state index in [-0.39, 0.29) is 25.5 Å². The van der Waals surface area contributed by atoms with Crippen molar-refractivity contribution < 1.29 is 29.0 Å². The summed E-state index contributed by atoms with van der Waals surface area (Å²) in [4.78, 5) is 35.4. The van der Waals surface area contributed by atoms with E-state index in [9.17, 15) is 19.5 Å². The molecule has 2 amide bonds. The van der Waals surface area contributed by atoms with Gasteiger partial charge in [-0.3, -0.25) is 0 Å². The van der Waals surface area contributed by atoms with E-state index >= 15 is 0 Å². The molecule has 0 aliphatic heterocycles. The molecular formula is C25H30N2O6. The van der Waals surface area contributed by atoms with Crippen LogP contribution in [0.1, 0.15) is 50.7 Å². The first-order chi connectivity index (χ1) is 15.7. The highest BCUT2D eigenvalue weighted by Crippen LogP contribution is 2.44. The summed E-state index contributed by atoms with van der Waals surface area (Å²) in [5, 5.41) is 14.3. The van der Waals surface area contributed by atoms with Crippen LogP contribution < -0.4 is 10.6 Å². The zero-order valence-electron chi connectivity index (χ0n) is 19.1. The number of ether oxygens (including phenoxy) is 2. The van der Waals surface area contributed by atoms with E-state index in [1.165, 1.54) is 0 Å². The van der Waals surface area contributed by atoms with Gasteiger partial charge < -0.3 is 25.2 Å². The quantitative estimate of drug-likeness (QED) is 0.513. The van der Waals surface area contributed by atoms with E-state index in [0.29, 0.717) is 6.42 Å². The van der Waals surface area contributed by atoms with E-state index in [1.54, 1.807) is 20.8 Å². The van der Waals surface area contributed by atoms with Crippen molar-refractivity contribution in [1.82, 2.24) is 10.6 Å². The zero-order valence-corrected chi connectivity index (χ0v) is 19.1. The number of benzene rings is 2. The smallest absolute Gasteiger partial charge is 0.408 e. The number of fused-ring (bicyclic) bond motifs is 3. The van der Waals surface area contributed by atoms with Crippen molar-refractivity contribution in [2.24, 2.45) is 0 Å². The van der Waals surface area contributed by atoms with Crippen molar-refractivity contribution >= 4 is 18.2 Å². The van der Waals surface area contributed by atoms with Crippen LogP contribution >= 0.6 is 0 Å². The lowest BCUT2D eigenvalue weighted by Gasteiger charge is -2.22. The highest BCUT2D eigenvalue weighted by atomic mass is 16.6. The number of carbonyl (C=O) groups is 3. The fourth-order valence-corrected chi connectivity index (χ4v) is 3.85. The SMILES string of the molecule is CC(C)(C)OC(=O)NC(CCCNC(=O)OCC1c2ccccc2-c2ccccc21)C(=O)O. The molecular weight excluding hydrogens is 424 g/mol. The number of carboxylic acid groups (broad SMARTS) is 1. The van der Waals surface area contributed by atoms with Gasteiger partial charge in [0.15, 0.2) is 0 Å². The van der Waals surface area contributed by atoms with Crippen LogP contribution in [0, 0.1) is 0 Å². The highest BCUT2D eigenvalue weighted by Gasteiger charge is 2.29. The molecule has 8 nitrogen and oxygen atoms in total. The summed E-state index contributed by atoms with van der Waals surface area (Å²) in [6.45, 7) is 5.51. The Morgan fingerprint density at radius 1 is 0.970 bits per heavy atom.